The fraction of sp³-hybridized carbons (Fsp3) is 0.333. The predicted octanol–water partition coefficient (Wildman–Crippen LogP) is 1.18. The van der Waals surface area contributed by atoms with Crippen LogP contribution in [0.5, 0.6) is 0 Å². The number of carbonyl (C=O) groups is 2. The first-order valence-corrected chi connectivity index (χ1v) is 4.97. The van der Waals surface area contributed by atoms with Gasteiger partial charge < -0.3 is 11.5 Å². The molecule has 1 aromatic carbocycles. The molecule has 4 heteroatoms. The number of hydrogen-bond acceptors (Lipinski definition) is 2. The van der Waals surface area contributed by atoms with Crippen LogP contribution in [0, 0.1) is 0 Å². The Morgan fingerprint density at radius 1 is 1.06 bits per heavy atom. The molecular weight excluding hydrogens is 204 g/mol. The molecule has 0 atom stereocenters. The van der Waals surface area contributed by atoms with Crippen LogP contribution < -0.4 is 11.5 Å². The summed E-state index contributed by atoms with van der Waals surface area (Å²) < 4.78 is 0. The van der Waals surface area contributed by atoms with E-state index in [1.807, 2.05) is 20.8 Å². The van der Waals surface area contributed by atoms with Crippen molar-refractivity contribution in [3.63, 3.8) is 0 Å². The highest BCUT2D eigenvalue weighted by Crippen LogP contribution is 2.26. The number of amides is 2. The molecule has 0 fully saturated rings. The van der Waals surface area contributed by atoms with Gasteiger partial charge in [-0.05, 0) is 29.2 Å². The lowest BCUT2D eigenvalue weighted by molar-refractivity contribution is 0.0986. The highest BCUT2D eigenvalue weighted by Gasteiger charge is 2.21. The van der Waals surface area contributed by atoms with Gasteiger partial charge in [0.1, 0.15) is 0 Å². The van der Waals surface area contributed by atoms with E-state index in [0.717, 1.165) is 5.56 Å². The maximum absolute atomic E-state index is 11.3. The van der Waals surface area contributed by atoms with E-state index in [9.17, 15) is 9.59 Å². The number of primary amides is 2. The van der Waals surface area contributed by atoms with Gasteiger partial charge in [-0.2, -0.15) is 0 Å². The summed E-state index contributed by atoms with van der Waals surface area (Å²) in [4.78, 5) is 22.3. The van der Waals surface area contributed by atoms with Crippen molar-refractivity contribution < 1.29 is 9.59 Å². The Morgan fingerprint density at radius 2 is 1.62 bits per heavy atom. The molecular formula is C12H16N2O2. The van der Waals surface area contributed by atoms with E-state index < -0.39 is 11.8 Å². The van der Waals surface area contributed by atoms with Crippen molar-refractivity contribution in [2.24, 2.45) is 11.5 Å². The number of carbonyl (C=O) groups excluding carboxylic acids is 2. The molecule has 86 valence electrons. The molecule has 0 spiro atoms. The van der Waals surface area contributed by atoms with Gasteiger partial charge in [-0.15, -0.1) is 0 Å². The average molecular weight is 220 g/mol. The van der Waals surface area contributed by atoms with E-state index in [4.69, 9.17) is 11.5 Å². The summed E-state index contributed by atoms with van der Waals surface area (Å²) in [6, 6.07) is 4.68. The SMILES string of the molecule is CC(C)(C)c1cc(C(N)=O)ccc1C(N)=O. The molecule has 0 bridgehead atoms. The van der Waals surface area contributed by atoms with Gasteiger partial charge in [0, 0.05) is 11.1 Å². The van der Waals surface area contributed by atoms with Gasteiger partial charge in [0.25, 0.3) is 0 Å². The van der Waals surface area contributed by atoms with E-state index in [1.54, 1.807) is 12.1 Å². The summed E-state index contributed by atoms with van der Waals surface area (Å²) in [5.74, 6) is -1.01. The van der Waals surface area contributed by atoms with E-state index in [0.29, 0.717) is 11.1 Å². The Kier molecular flexibility index (Phi) is 3.03. The molecule has 4 N–H and O–H groups in total. The van der Waals surface area contributed by atoms with Crippen LogP contribution >= 0.6 is 0 Å². The summed E-state index contributed by atoms with van der Waals surface area (Å²) in [5.41, 5.74) is 11.8. The van der Waals surface area contributed by atoms with Gasteiger partial charge in [-0.25, -0.2) is 0 Å². The largest absolute Gasteiger partial charge is 0.366 e. The highest BCUT2D eigenvalue weighted by molar-refractivity contribution is 5.98. The second-order valence-corrected chi connectivity index (χ2v) is 4.74. The van der Waals surface area contributed by atoms with Crippen LogP contribution in [-0.2, 0) is 5.41 Å². The van der Waals surface area contributed by atoms with Gasteiger partial charge in [-0.3, -0.25) is 9.59 Å². The van der Waals surface area contributed by atoms with Crippen molar-refractivity contribution in [1.29, 1.82) is 0 Å². The van der Waals surface area contributed by atoms with Crippen LogP contribution in [0.4, 0.5) is 0 Å². The molecule has 4 nitrogen and oxygen atoms in total. The minimum absolute atomic E-state index is 0.268. The van der Waals surface area contributed by atoms with Crippen LogP contribution in [0.15, 0.2) is 18.2 Å². The van der Waals surface area contributed by atoms with Gasteiger partial charge in [0.15, 0.2) is 0 Å². The zero-order valence-electron chi connectivity index (χ0n) is 9.70. The lowest BCUT2D eigenvalue weighted by Gasteiger charge is -2.22. The highest BCUT2D eigenvalue weighted by atomic mass is 16.1. The van der Waals surface area contributed by atoms with Crippen LogP contribution in [0.25, 0.3) is 0 Å². The van der Waals surface area contributed by atoms with E-state index in [-0.39, 0.29) is 5.41 Å². The van der Waals surface area contributed by atoms with Crippen molar-refractivity contribution in [2.45, 2.75) is 26.2 Å². The molecule has 1 aromatic rings. The quantitative estimate of drug-likeness (QED) is 0.784. The van der Waals surface area contributed by atoms with Crippen molar-refractivity contribution in [3.05, 3.63) is 34.9 Å². The zero-order chi connectivity index (χ0) is 12.5. The second-order valence-electron chi connectivity index (χ2n) is 4.74. The normalized spacial score (nSPS) is 11.2. The van der Waals surface area contributed by atoms with E-state index in [1.165, 1.54) is 6.07 Å². The molecule has 0 aromatic heterocycles. The lowest BCUT2D eigenvalue weighted by Crippen LogP contribution is -2.22. The number of hydrogen-bond donors (Lipinski definition) is 2. The summed E-state index contributed by atoms with van der Waals surface area (Å²) in [6.45, 7) is 5.83. The van der Waals surface area contributed by atoms with E-state index in [2.05, 4.69) is 0 Å². The molecule has 1 rings (SSSR count). The van der Waals surface area contributed by atoms with Crippen LogP contribution in [-0.4, -0.2) is 11.8 Å². The first kappa shape index (κ1) is 12.2. The molecule has 0 aliphatic heterocycles. The van der Waals surface area contributed by atoms with Gasteiger partial charge >= 0.3 is 0 Å². The first-order chi connectivity index (χ1) is 7.23. The molecule has 0 saturated carbocycles. The predicted molar refractivity (Wildman–Crippen MR) is 62.2 cm³/mol. The Morgan fingerprint density at radius 3 is 2.00 bits per heavy atom. The maximum Gasteiger partial charge on any atom is 0.248 e. The molecule has 0 aliphatic rings. The molecule has 16 heavy (non-hydrogen) atoms. The van der Waals surface area contributed by atoms with Gasteiger partial charge in [0.2, 0.25) is 11.8 Å². The number of nitrogens with two attached hydrogens (primary N) is 2. The van der Waals surface area contributed by atoms with Crippen molar-refractivity contribution in [3.8, 4) is 0 Å². The zero-order valence-corrected chi connectivity index (χ0v) is 9.70. The molecule has 0 radical (unpaired) electrons. The van der Waals surface area contributed by atoms with Gasteiger partial charge in [-0.1, -0.05) is 20.8 Å². The second kappa shape index (κ2) is 3.96. The lowest BCUT2D eigenvalue weighted by atomic mass is 9.82. The monoisotopic (exact) mass is 220 g/mol. The molecule has 0 unspecified atom stereocenters. The van der Waals surface area contributed by atoms with Gasteiger partial charge in [0.05, 0.1) is 0 Å². The molecule has 2 amide bonds. The van der Waals surface area contributed by atoms with Crippen molar-refractivity contribution in [2.75, 3.05) is 0 Å². The number of rotatable bonds is 2. The summed E-state index contributed by atoms with van der Waals surface area (Å²) in [6.07, 6.45) is 0. The Hall–Kier alpha value is -1.84. The Labute approximate surface area is 94.6 Å². The fourth-order valence-electron chi connectivity index (χ4n) is 1.53. The molecule has 0 aliphatic carbocycles. The first-order valence-electron chi connectivity index (χ1n) is 4.97. The molecule has 0 heterocycles. The minimum atomic E-state index is -0.512. The van der Waals surface area contributed by atoms with Crippen LogP contribution in [0.1, 0.15) is 47.1 Å². The topological polar surface area (TPSA) is 86.2 Å². The van der Waals surface area contributed by atoms with Crippen molar-refractivity contribution in [1.82, 2.24) is 0 Å². The standard InChI is InChI=1S/C12H16N2O2/c1-12(2,3)9-6-7(10(13)15)4-5-8(9)11(14)16/h4-6H,1-3H3,(H2,13,15)(H2,14,16). The van der Waals surface area contributed by atoms with E-state index >= 15 is 0 Å². The average Bonchev–Trinajstić information content (AvgIpc) is 2.15. The third-order valence-corrected chi connectivity index (χ3v) is 2.38. The molecule has 0 saturated heterocycles. The third kappa shape index (κ3) is 2.39. The number of benzene rings is 1. The Bertz CT molecular complexity index is 445. The minimum Gasteiger partial charge on any atom is -0.366 e. The fourth-order valence-corrected chi connectivity index (χ4v) is 1.53. The summed E-state index contributed by atoms with van der Waals surface area (Å²) in [5, 5.41) is 0. The summed E-state index contributed by atoms with van der Waals surface area (Å²) in [7, 11) is 0. The maximum atomic E-state index is 11.3. The van der Waals surface area contributed by atoms with Crippen molar-refractivity contribution >= 4 is 11.8 Å². The smallest absolute Gasteiger partial charge is 0.248 e. The third-order valence-electron chi connectivity index (χ3n) is 2.38. The Balaban J connectivity index is 3.45. The van der Waals surface area contributed by atoms with Crippen LogP contribution in [0.3, 0.4) is 0 Å². The van der Waals surface area contributed by atoms with Crippen LogP contribution in [0.2, 0.25) is 0 Å². The summed E-state index contributed by atoms with van der Waals surface area (Å²) >= 11 is 0.